The molecular weight excluding hydrogens is 178 g/mol. The molecule has 1 aliphatic rings. The van der Waals surface area contributed by atoms with E-state index >= 15 is 0 Å². The molecule has 0 N–H and O–H groups in total. The summed E-state index contributed by atoms with van der Waals surface area (Å²) in [5, 5.41) is 0. The van der Waals surface area contributed by atoms with Crippen LogP contribution in [-0.2, 0) is 9.59 Å². The highest BCUT2D eigenvalue weighted by molar-refractivity contribution is 5.85. The van der Waals surface area contributed by atoms with Gasteiger partial charge in [0.25, 0.3) is 0 Å². The number of hydrogen-bond acceptors (Lipinski definition) is 2. The molecule has 0 bridgehead atoms. The molecule has 0 aromatic rings. The third kappa shape index (κ3) is 2.82. The lowest BCUT2D eigenvalue weighted by atomic mass is 9.98. The zero-order valence-corrected chi connectivity index (χ0v) is 9.25. The van der Waals surface area contributed by atoms with Crippen molar-refractivity contribution < 1.29 is 9.59 Å². The Morgan fingerprint density at radius 2 is 2.21 bits per heavy atom. The zero-order chi connectivity index (χ0) is 10.7. The normalized spacial score (nSPS) is 23.0. The van der Waals surface area contributed by atoms with Crippen LogP contribution in [0.5, 0.6) is 0 Å². The van der Waals surface area contributed by atoms with Crippen LogP contribution in [-0.4, -0.2) is 29.7 Å². The molecule has 1 saturated heterocycles. The van der Waals surface area contributed by atoms with Gasteiger partial charge in [0.1, 0.15) is 5.78 Å². The van der Waals surface area contributed by atoms with Gasteiger partial charge in [-0.25, -0.2) is 0 Å². The molecule has 0 aromatic heterocycles. The lowest BCUT2D eigenvalue weighted by Gasteiger charge is -2.30. The molecule has 0 spiro atoms. The van der Waals surface area contributed by atoms with Crippen molar-refractivity contribution >= 4 is 11.7 Å². The van der Waals surface area contributed by atoms with Gasteiger partial charge in [0.15, 0.2) is 0 Å². The van der Waals surface area contributed by atoms with E-state index in [2.05, 4.69) is 0 Å². The molecule has 1 atom stereocenters. The van der Waals surface area contributed by atoms with Crippen molar-refractivity contribution in [2.45, 2.75) is 33.6 Å². The first-order chi connectivity index (χ1) is 6.50. The molecule has 14 heavy (non-hydrogen) atoms. The minimum absolute atomic E-state index is 0.0277. The second-order valence-electron chi connectivity index (χ2n) is 4.56. The number of piperidine rings is 1. The van der Waals surface area contributed by atoms with E-state index < -0.39 is 0 Å². The average molecular weight is 197 g/mol. The second kappa shape index (κ2) is 4.58. The predicted molar refractivity (Wildman–Crippen MR) is 54.8 cm³/mol. The monoisotopic (exact) mass is 197 g/mol. The van der Waals surface area contributed by atoms with E-state index in [1.54, 1.807) is 0 Å². The Bertz CT molecular complexity index is 235. The number of carbonyl (C=O) groups is 2. The number of amides is 1. The van der Waals surface area contributed by atoms with Crippen LogP contribution in [0.3, 0.4) is 0 Å². The van der Waals surface area contributed by atoms with Crippen LogP contribution in [0.1, 0.15) is 33.6 Å². The molecule has 80 valence electrons. The van der Waals surface area contributed by atoms with Crippen molar-refractivity contribution in [3.8, 4) is 0 Å². The van der Waals surface area contributed by atoms with Crippen LogP contribution in [0.15, 0.2) is 0 Å². The number of likely N-dealkylation sites (tertiary alicyclic amines) is 1. The third-order valence-corrected chi connectivity index (χ3v) is 2.61. The number of ketones is 1. The Balaban J connectivity index is 2.46. The molecule has 1 amide bonds. The molecule has 1 heterocycles. The van der Waals surface area contributed by atoms with E-state index in [9.17, 15) is 9.59 Å². The van der Waals surface area contributed by atoms with Crippen molar-refractivity contribution in [1.29, 1.82) is 0 Å². The molecule has 1 fully saturated rings. The number of Topliss-reactive ketones (excluding diaryl/α,β-unsaturated/α-hetero) is 1. The van der Waals surface area contributed by atoms with Crippen molar-refractivity contribution in [1.82, 2.24) is 4.90 Å². The van der Waals surface area contributed by atoms with Gasteiger partial charge in [0, 0.05) is 31.8 Å². The van der Waals surface area contributed by atoms with Gasteiger partial charge in [-0.15, -0.1) is 0 Å². The van der Waals surface area contributed by atoms with Crippen LogP contribution in [0.25, 0.3) is 0 Å². The van der Waals surface area contributed by atoms with Gasteiger partial charge in [-0.1, -0.05) is 20.8 Å². The maximum absolute atomic E-state index is 11.7. The van der Waals surface area contributed by atoms with Crippen molar-refractivity contribution in [2.75, 3.05) is 13.1 Å². The van der Waals surface area contributed by atoms with Gasteiger partial charge >= 0.3 is 0 Å². The largest absolute Gasteiger partial charge is 0.342 e. The summed E-state index contributed by atoms with van der Waals surface area (Å²) >= 11 is 0. The average Bonchev–Trinajstić information content (AvgIpc) is 2.08. The van der Waals surface area contributed by atoms with Gasteiger partial charge in [0.05, 0.1) is 0 Å². The van der Waals surface area contributed by atoms with Gasteiger partial charge in [-0.05, 0) is 5.92 Å². The minimum Gasteiger partial charge on any atom is -0.342 e. The topological polar surface area (TPSA) is 37.4 Å². The SMILES string of the molecule is CC(C)CC(=O)N1CCC(=O)C(C)C1. The summed E-state index contributed by atoms with van der Waals surface area (Å²) in [7, 11) is 0. The Hall–Kier alpha value is -0.860. The fourth-order valence-electron chi connectivity index (χ4n) is 1.72. The van der Waals surface area contributed by atoms with Crippen LogP contribution >= 0.6 is 0 Å². The van der Waals surface area contributed by atoms with Crippen molar-refractivity contribution in [3.63, 3.8) is 0 Å². The molecule has 3 heteroatoms. The molecule has 0 aromatic carbocycles. The van der Waals surface area contributed by atoms with Crippen molar-refractivity contribution in [3.05, 3.63) is 0 Å². The van der Waals surface area contributed by atoms with Crippen LogP contribution in [0.4, 0.5) is 0 Å². The number of hydrogen-bond donors (Lipinski definition) is 0. The van der Waals surface area contributed by atoms with Crippen LogP contribution in [0, 0.1) is 11.8 Å². The maximum Gasteiger partial charge on any atom is 0.222 e. The quantitative estimate of drug-likeness (QED) is 0.672. The van der Waals surface area contributed by atoms with E-state index in [1.807, 2.05) is 25.7 Å². The first kappa shape index (κ1) is 11.2. The number of rotatable bonds is 2. The smallest absolute Gasteiger partial charge is 0.222 e. The highest BCUT2D eigenvalue weighted by Gasteiger charge is 2.26. The van der Waals surface area contributed by atoms with Gasteiger partial charge in [-0.3, -0.25) is 9.59 Å². The molecular formula is C11H19NO2. The summed E-state index contributed by atoms with van der Waals surface area (Å²) in [4.78, 5) is 24.7. The molecule has 0 aliphatic carbocycles. The molecule has 0 radical (unpaired) electrons. The number of carbonyl (C=O) groups excluding carboxylic acids is 2. The van der Waals surface area contributed by atoms with E-state index in [1.165, 1.54) is 0 Å². The highest BCUT2D eigenvalue weighted by Crippen LogP contribution is 2.14. The summed E-state index contributed by atoms with van der Waals surface area (Å²) in [5.74, 6) is 0.910. The maximum atomic E-state index is 11.7. The first-order valence-corrected chi connectivity index (χ1v) is 5.31. The summed E-state index contributed by atoms with van der Waals surface area (Å²) in [6, 6.07) is 0. The van der Waals surface area contributed by atoms with Gasteiger partial charge in [0.2, 0.25) is 5.91 Å². The standard InChI is InChI=1S/C11H19NO2/c1-8(2)6-11(14)12-5-4-10(13)9(3)7-12/h8-9H,4-7H2,1-3H3. The fraction of sp³-hybridized carbons (Fsp3) is 0.818. The summed E-state index contributed by atoms with van der Waals surface area (Å²) in [5.41, 5.74) is 0. The zero-order valence-electron chi connectivity index (χ0n) is 9.25. The summed E-state index contributed by atoms with van der Waals surface area (Å²) in [6.45, 7) is 7.21. The number of nitrogens with zero attached hydrogens (tertiary/aromatic N) is 1. The summed E-state index contributed by atoms with van der Waals surface area (Å²) in [6.07, 6.45) is 1.13. The fourth-order valence-corrected chi connectivity index (χ4v) is 1.72. The van der Waals surface area contributed by atoms with Crippen LogP contribution < -0.4 is 0 Å². The highest BCUT2D eigenvalue weighted by atomic mass is 16.2. The first-order valence-electron chi connectivity index (χ1n) is 5.31. The van der Waals surface area contributed by atoms with E-state index in [0.29, 0.717) is 37.6 Å². The molecule has 1 rings (SSSR count). The van der Waals surface area contributed by atoms with E-state index in [0.717, 1.165) is 0 Å². The van der Waals surface area contributed by atoms with Crippen molar-refractivity contribution in [2.24, 2.45) is 11.8 Å². The lowest BCUT2D eigenvalue weighted by Crippen LogP contribution is -2.43. The third-order valence-electron chi connectivity index (χ3n) is 2.61. The molecule has 0 saturated carbocycles. The Kier molecular flexibility index (Phi) is 3.67. The molecule has 1 unspecified atom stereocenters. The summed E-state index contributed by atoms with van der Waals surface area (Å²) < 4.78 is 0. The van der Waals surface area contributed by atoms with Gasteiger partial charge in [-0.2, -0.15) is 0 Å². The Morgan fingerprint density at radius 1 is 1.57 bits per heavy atom. The predicted octanol–water partition coefficient (Wildman–Crippen LogP) is 1.47. The van der Waals surface area contributed by atoms with E-state index in [-0.39, 0.29) is 11.8 Å². The second-order valence-corrected chi connectivity index (χ2v) is 4.56. The Morgan fingerprint density at radius 3 is 2.71 bits per heavy atom. The minimum atomic E-state index is 0.0277. The van der Waals surface area contributed by atoms with Crippen LogP contribution in [0.2, 0.25) is 0 Å². The van der Waals surface area contributed by atoms with E-state index in [4.69, 9.17) is 0 Å². The van der Waals surface area contributed by atoms with Gasteiger partial charge < -0.3 is 4.90 Å². The lowest BCUT2D eigenvalue weighted by molar-refractivity contribution is -0.137. The molecule has 3 nitrogen and oxygen atoms in total. The molecule has 1 aliphatic heterocycles. The Labute approximate surface area is 85.5 Å².